The number of carbonyl (C=O) groups is 1. The monoisotopic (exact) mass is 182 g/mol. The van der Waals surface area contributed by atoms with Crippen LogP contribution in [0.15, 0.2) is 12.4 Å². The normalized spacial score (nSPS) is 17.1. The fraction of sp³-hybridized carbons (Fsp3) is 0.700. The molecule has 0 unspecified atom stereocenters. The molecule has 1 aliphatic heterocycles. The van der Waals surface area contributed by atoms with Gasteiger partial charge in [-0.05, 0) is 12.8 Å². The minimum atomic E-state index is -0.0556. The van der Waals surface area contributed by atoms with Crippen molar-refractivity contribution in [2.45, 2.75) is 32.9 Å². The summed E-state index contributed by atoms with van der Waals surface area (Å²) < 4.78 is 0. The van der Waals surface area contributed by atoms with E-state index in [1.54, 1.807) is 0 Å². The molecular weight excluding hydrogens is 164 g/mol. The van der Waals surface area contributed by atoms with Crippen molar-refractivity contribution in [1.29, 1.82) is 0 Å². The van der Waals surface area contributed by atoms with Crippen molar-refractivity contribution in [3.05, 3.63) is 12.4 Å². The van der Waals surface area contributed by atoms with E-state index in [0.717, 1.165) is 32.2 Å². The number of carbonyl (C=O) groups excluding carboxylic acids is 1. The first-order valence-electron chi connectivity index (χ1n) is 4.98. The van der Waals surface area contributed by atoms with E-state index in [-0.39, 0.29) is 6.17 Å². The fourth-order valence-electron chi connectivity index (χ4n) is 1.62. The first-order chi connectivity index (χ1) is 6.33. The molecule has 3 nitrogen and oxygen atoms in total. The highest BCUT2D eigenvalue weighted by Crippen LogP contribution is 2.14. The molecule has 0 aromatic heterocycles. The molecule has 0 aromatic rings. The van der Waals surface area contributed by atoms with Crippen molar-refractivity contribution in [2.24, 2.45) is 0 Å². The Morgan fingerprint density at radius 2 is 1.62 bits per heavy atom. The number of hydrogen-bond donors (Lipinski definition) is 0. The van der Waals surface area contributed by atoms with Gasteiger partial charge in [0.15, 0.2) is 12.5 Å². The van der Waals surface area contributed by atoms with E-state index in [9.17, 15) is 4.79 Å². The second-order valence-electron chi connectivity index (χ2n) is 3.32. The molecule has 0 bridgehead atoms. The van der Waals surface area contributed by atoms with Crippen molar-refractivity contribution in [1.82, 2.24) is 9.80 Å². The van der Waals surface area contributed by atoms with Crippen molar-refractivity contribution in [3.63, 3.8) is 0 Å². The van der Waals surface area contributed by atoms with Crippen LogP contribution in [0.4, 0.5) is 0 Å². The Hall–Kier alpha value is -0.990. The highest BCUT2D eigenvalue weighted by atomic mass is 16.1. The maximum Gasteiger partial charge on any atom is 0.162 e. The van der Waals surface area contributed by atoms with Crippen LogP contribution in [-0.2, 0) is 4.79 Å². The third-order valence-corrected chi connectivity index (χ3v) is 2.21. The summed E-state index contributed by atoms with van der Waals surface area (Å²) in [5.74, 6) is 0. The fourth-order valence-corrected chi connectivity index (χ4v) is 1.62. The Kier molecular flexibility index (Phi) is 3.80. The third-order valence-electron chi connectivity index (χ3n) is 2.21. The summed E-state index contributed by atoms with van der Waals surface area (Å²) in [5.41, 5.74) is 0. The zero-order chi connectivity index (χ0) is 9.68. The molecule has 74 valence electrons. The van der Waals surface area contributed by atoms with Gasteiger partial charge in [0.05, 0.1) is 0 Å². The summed E-state index contributed by atoms with van der Waals surface area (Å²) in [4.78, 5) is 15.0. The van der Waals surface area contributed by atoms with Gasteiger partial charge in [-0.3, -0.25) is 4.79 Å². The molecule has 0 amide bonds. The minimum absolute atomic E-state index is 0.0556. The van der Waals surface area contributed by atoms with Crippen LogP contribution in [0.2, 0.25) is 0 Å². The van der Waals surface area contributed by atoms with E-state index in [0.29, 0.717) is 0 Å². The average Bonchev–Trinajstić information content (AvgIpc) is 2.49. The molecule has 3 heteroatoms. The molecule has 0 spiro atoms. The van der Waals surface area contributed by atoms with Gasteiger partial charge >= 0.3 is 0 Å². The molecule has 1 heterocycles. The van der Waals surface area contributed by atoms with Gasteiger partial charge in [-0.2, -0.15) is 0 Å². The second-order valence-corrected chi connectivity index (χ2v) is 3.32. The molecule has 0 aromatic carbocycles. The van der Waals surface area contributed by atoms with Gasteiger partial charge in [-0.15, -0.1) is 0 Å². The molecule has 13 heavy (non-hydrogen) atoms. The van der Waals surface area contributed by atoms with Crippen molar-refractivity contribution < 1.29 is 4.79 Å². The van der Waals surface area contributed by atoms with Crippen molar-refractivity contribution >= 4 is 6.29 Å². The number of nitrogens with zero attached hydrogens (tertiary/aromatic N) is 2. The van der Waals surface area contributed by atoms with Crippen LogP contribution in [0.5, 0.6) is 0 Å². The highest BCUT2D eigenvalue weighted by molar-refractivity contribution is 5.58. The Bertz CT molecular complexity index is 175. The standard InChI is InChI=1S/C10H18N2O/c1-3-5-11-7-8-12(6-4-2)10(11)9-13/h7-10H,3-6H2,1-2H3. The van der Waals surface area contributed by atoms with Crippen molar-refractivity contribution in [2.75, 3.05) is 13.1 Å². The lowest BCUT2D eigenvalue weighted by Gasteiger charge is -2.27. The molecule has 0 aliphatic carbocycles. The van der Waals surface area contributed by atoms with E-state index < -0.39 is 0 Å². The average molecular weight is 182 g/mol. The quantitative estimate of drug-likeness (QED) is 0.601. The lowest BCUT2D eigenvalue weighted by Crippen LogP contribution is -2.40. The van der Waals surface area contributed by atoms with Crippen LogP contribution in [0.25, 0.3) is 0 Å². The predicted molar refractivity (Wildman–Crippen MR) is 53.0 cm³/mol. The van der Waals surface area contributed by atoms with Gasteiger partial charge in [0.2, 0.25) is 0 Å². The number of aldehydes is 1. The lowest BCUT2D eigenvalue weighted by atomic mass is 10.3. The third kappa shape index (κ3) is 2.23. The van der Waals surface area contributed by atoms with Crippen LogP contribution < -0.4 is 0 Å². The maximum atomic E-state index is 10.9. The predicted octanol–water partition coefficient (Wildman–Crippen LogP) is 1.42. The molecule has 0 atom stereocenters. The summed E-state index contributed by atoms with van der Waals surface area (Å²) in [6.07, 6.45) is 7.14. The molecular formula is C10H18N2O. The summed E-state index contributed by atoms with van der Waals surface area (Å²) in [7, 11) is 0. The van der Waals surface area contributed by atoms with Crippen molar-refractivity contribution in [3.8, 4) is 0 Å². The molecule has 0 N–H and O–H groups in total. The summed E-state index contributed by atoms with van der Waals surface area (Å²) in [6, 6.07) is 0. The minimum Gasteiger partial charge on any atom is -0.350 e. The Balaban J connectivity index is 2.52. The van der Waals surface area contributed by atoms with E-state index >= 15 is 0 Å². The SMILES string of the molecule is CCCN1C=CN(CCC)C1C=O. The zero-order valence-corrected chi connectivity index (χ0v) is 8.44. The molecule has 0 saturated carbocycles. The molecule has 0 fully saturated rings. The van der Waals surface area contributed by atoms with Gasteiger partial charge in [0, 0.05) is 25.5 Å². The van der Waals surface area contributed by atoms with Crippen LogP contribution in [0, 0.1) is 0 Å². The van der Waals surface area contributed by atoms with Crippen LogP contribution in [0.3, 0.4) is 0 Å². The topological polar surface area (TPSA) is 23.6 Å². The molecule has 1 aliphatic rings. The Morgan fingerprint density at radius 3 is 1.92 bits per heavy atom. The number of rotatable bonds is 5. The Labute approximate surface area is 80.0 Å². The zero-order valence-electron chi connectivity index (χ0n) is 8.44. The Morgan fingerprint density at radius 1 is 1.15 bits per heavy atom. The first-order valence-corrected chi connectivity index (χ1v) is 4.98. The van der Waals surface area contributed by atoms with E-state index in [1.807, 2.05) is 12.4 Å². The van der Waals surface area contributed by atoms with Crippen LogP contribution >= 0.6 is 0 Å². The molecule has 0 radical (unpaired) electrons. The van der Waals surface area contributed by atoms with Gasteiger partial charge in [0.1, 0.15) is 0 Å². The number of hydrogen-bond acceptors (Lipinski definition) is 3. The van der Waals surface area contributed by atoms with Gasteiger partial charge < -0.3 is 9.80 Å². The summed E-state index contributed by atoms with van der Waals surface area (Å²) in [6.45, 7) is 6.16. The van der Waals surface area contributed by atoms with E-state index in [1.165, 1.54) is 0 Å². The lowest BCUT2D eigenvalue weighted by molar-refractivity contribution is -0.114. The summed E-state index contributed by atoms with van der Waals surface area (Å²) >= 11 is 0. The highest BCUT2D eigenvalue weighted by Gasteiger charge is 2.23. The first kappa shape index (κ1) is 10.1. The van der Waals surface area contributed by atoms with Gasteiger partial charge in [-0.1, -0.05) is 13.8 Å². The summed E-state index contributed by atoms with van der Waals surface area (Å²) in [5, 5.41) is 0. The van der Waals surface area contributed by atoms with Crippen LogP contribution in [0.1, 0.15) is 26.7 Å². The van der Waals surface area contributed by atoms with E-state index in [2.05, 4.69) is 23.6 Å². The van der Waals surface area contributed by atoms with Crippen LogP contribution in [-0.4, -0.2) is 35.3 Å². The largest absolute Gasteiger partial charge is 0.350 e. The van der Waals surface area contributed by atoms with Gasteiger partial charge in [-0.25, -0.2) is 0 Å². The maximum absolute atomic E-state index is 10.9. The smallest absolute Gasteiger partial charge is 0.162 e. The second kappa shape index (κ2) is 4.90. The van der Waals surface area contributed by atoms with Gasteiger partial charge in [0.25, 0.3) is 0 Å². The molecule has 0 saturated heterocycles. The van der Waals surface area contributed by atoms with E-state index in [4.69, 9.17) is 0 Å². The molecule has 1 rings (SSSR count).